The highest BCUT2D eigenvalue weighted by Gasteiger charge is 2.10. The van der Waals surface area contributed by atoms with E-state index < -0.39 is 5.97 Å². The van der Waals surface area contributed by atoms with Crippen molar-refractivity contribution in [3.63, 3.8) is 0 Å². The Hall–Kier alpha value is -2.28. The van der Waals surface area contributed by atoms with Crippen molar-refractivity contribution in [2.45, 2.75) is 0 Å². The lowest BCUT2D eigenvalue weighted by Crippen LogP contribution is -2.06. The van der Waals surface area contributed by atoms with Crippen LogP contribution in [0.1, 0.15) is 10.5 Å². The fourth-order valence-corrected chi connectivity index (χ4v) is 1.89. The Morgan fingerprint density at radius 1 is 1.40 bits per heavy atom. The number of aromatic carboxylic acids is 1. The molecule has 1 heterocycles. The Kier molecular flexibility index (Phi) is 4.09. The van der Waals surface area contributed by atoms with Crippen molar-refractivity contribution in [3.8, 4) is 5.75 Å². The number of nitrogens with two attached hydrogens (primary N) is 1. The Morgan fingerprint density at radius 3 is 2.80 bits per heavy atom. The fourth-order valence-electron chi connectivity index (χ4n) is 1.54. The number of methoxy groups -OCH3 is 1. The van der Waals surface area contributed by atoms with E-state index in [2.05, 4.69) is 26.2 Å². The number of ether oxygens (including phenoxy) is 1. The van der Waals surface area contributed by atoms with Gasteiger partial charge in [0.25, 0.3) is 0 Å². The predicted octanol–water partition coefficient (Wildman–Crippen LogP) is 2.88. The van der Waals surface area contributed by atoms with Gasteiger partial charge < -0.3 is 20.9 Å². The number of carboxylic acid groups (broad SMARTS) is 1. The van der Waals surface area contributed by atoms with Crippen molar-refractivity contribution >= 4 is 39.1 Å². The van der Waals surface area contributed by atoms with E-state index in [0.29, 0.717) is 17.1 Å². The maximum atomic E-state index is 10.9. The lowest BCUT2D eigenvalue weighted by Gasteiger charge is -2.12. The molecule has 20 heavy (non-hydrogen) atoms. The quantitative estimate of drug-likeness (QED) is 0.793. The molecule has 0 aliphatic heterocycles. The van der Waals surface area contributed by atoms with Gasteiger partial charge in [0.1, 0.15) is 5.75 Å². The van der Waals surface area contributed by atoms with Crippen molar-refractivity contribution in [1.29, 1.82) is 0 Å². The smallest absolute Gasteiger partial charge is 0.354 e. The van der Waals surface area contributed by atoms with E-state index >= 15 is 0 Å². The summed E-state index contributed by atoms with van der Waals surface area (Å²) in [5.41, 5.74) is 6.73. The van der Waals surface area contributed by atoms with Gasteiger partial charge in [-0.3, -0.25) is 0 Å². The molecule has 4 N–H and O–H groups in total. The minimum atomic E-state index is -1.11. The molecule has 1 aromatic carbocycles. The molecule has 1 aromatic heterocycles. The molecule has 0 saturated carbocycles. The summed E-state index contributed by atoms with van der Waals surface area (Å²) < 4.78 is 5.91. The fraction of sp³-hybridized carbons (Fsp3) is 0.0769. The maximum absolute atomic E-state index is 10.9. The second-order valence-electron chi connectivity index (χ2n) is 3.91. The number of nitrogens with zero attached hydrogens (tertiary/aromatic N) is 1. The number of hydrogen-bond acceptors (Lipinski definition) is 5. The standard InChI is InChI=1S/C13H12BrN3O3/c1-20-7-2-3-8(14)11(6-7)17-12-9(15)4-5-10(16-12)13(18)19/h2-6H,15H2,1H3,(H,16,17)(H,18,19). The van der Waals surface area contributed by atoms with Crippen LogP contribution in [0, 0.1) is 0 Å². The van der Waals surface area contributed by atoms with Crippen LogP contribution >= 0.6 is 15.9 Å². The molecule has 0 unspecified atom stereocenters. The summed E-state index contributed by atoms with van der Waals surface area (Å²) in [4.78, 5) is 14.9. The van der Waals surface area contributed by atoms with E-state index in [1.54, 1.807) is 25.3 Å². The number of carbonyl (C=O) groups is 1. The topological polar surface area (TPSA) is 97.5 Å². The Labute approximate surface area is 123 Å². The molecule has 104 valence electrons. The van der Waals surface area contributed by atoms with Crippen LogP contribution in [-0.4, -0.2) is 23.2 Å². The van der Waals surface area contributed by atoms with Gasteiger partial charge in [-0.05, 0) is 40.2 Å². The highest BCUT2D eigenvalue weighted by molar-refractivity contribution is 9.10. The van der Waals surface area contributed by atoms with E-state index in [1.807, 2.05) is 0 Å². The summed E-state index contributed by atoms with van der Waals surface area (Å²) in [6, 6.07) is 8.19. The number of carboxylic acids is 1. The number of halogens is 1. The van der Waals surface area contributed by atoms with Crippen molar-refractivity contribution in [1.82, 2.24) is 4.98 Å². The molecule has 7 heteroatoms. The summed E-state index contributed by atoms with van der Waals surface area (Å²) in [5.74, 6) is -0.180. The summed E-state index contributed by atoms with van der Waals surface area (Å²) in [5, 5.41) is 11.9. The molecule has 6 nitrogen and oxygen atoms in total. The van der Waals surface area contributed by atoms with Gasteiger partial charge >= 0.3 is 5.97 Å². The number of anilines is 3. The van der Waals surface area contributed by atoms with Crippen LogP contribution in [-0.2, 0) is 0 Å². The van der Waals surface area contributed by atoms with Gasteiger partial charge in [0, 0.05) is 10.5 Å². The minimum Gasteiger partial charge on any atom is -0.497 e. The van der Waals surface area contributed by atoms with E-state index in [1.165, 1.54) is 12.1 Å². The van der Waals surface area contributed by atoms with Gasteiger partial charge in [-0.1, -0.05) is 0 Å². The number of nitrogens with one attached hydrogen (secondary N) is 1. The zero-order valence-electron chi connectivity index (χ0n) is 10.6. The molecule has 0 radical (unpaired) electrons. The zero-order chi connectivity index (χ0) is 14.7. The summed E-state index contributed by atoms with van der Waals surface area (Å²) in [6.07, 6.45) is 0. The van der Waals surface area contributed by atoms with Gasteiger partial charge in [-0.2, -0.15) is 0 Å². The zero-order valence-corrected chi connectivity index (χ0v) is 12.1. The number of nitrogen functional groups attached to an aromatic ring is 1. The first-order valence-corrected chi connectivity index (χ1v) is 6.41. The Bertz CT molecular complexity index is 661. The van der Waals surface area contributed by atoms with Crippen molar-refractivity contribution in [2.24, 2.45) is 0 Å². The highest BCUT2D eigenvalue weighted by atomic mass is 79.9. The molecule has 0 bridgehead atoms. The molecule has 0 spiro atoms. The molecule has 0 fully saturated rings. The van der Waals surface area contributed by atoms with Crippen molar-refractivity contribution in [2.75, 3.05) is 18.2 Å². The molecule has 0 aliphatic carbocycles. The SMILES string of the molecule is COc1ccc(Br)c(Nc2nc(C(=O)O)ccc2N)c1. The molecule has 2 rings (SSSR count). The third kappa shape index (κ3) is 3.00. The molecule has 2 aromatic rings. The van der Waals surface area contributed by atoms with Crippen molar-refractivity contribution < 1.29 is 14.6 Å². The molecule has 0 amide bonds. The van der Waals surface area contributed by atoms with Crippen molar-refractivity contribution in [3.05, 3.63) is 40.5 Å². The lowest BCUT2D eigenvalue weighted by molar-refractivity contribution is 0.0690. The van der Waals surface area contributed by atoms with Crippen LogP contribution in [0.3, 0.4) is 0 Å². The monoisotopic (exact) mass is 337 g/mol. The largest absolute Gasteiger partial charge is 0.497 e. The van der Waals surface area contributed by atoms with Crippen LogP contribution in [0.25, 0.3) is 0 Å². The first kappa shape index (κ1) is 14.1. The number of aromatic nitrogens is 1. The van der Waals surface area contributed by atoms with Gasteiger partial charge in [-0.25, -0.2) is 9.78 Å². The number of hydrogen-bond donors (Lipinski definition) is 3. The van der Waals surface area contributed by atoms with Gasteiger partial charge in [0.05, 0.1) is 18.5 Å². The van der Waals surface area contributed by atoms with Crippen LogP contribution in [0.2, 0.25) is 0 Å². The molecular formula is C13H12BrN3O3. The normalized spacial score (nSPS) is 10.1. The van der Waals surface area contributed by atoms with Crippen LogP contribution in [0.5, 0.6) is 5.75 Å². The third-order valence-electron chi connectivity index (χ3n) is 2.57. The van der Waals surface area contributed by atoms with E-state index in [9.17, 15) is 4.79 Å². The summed E-state index contributed by atoms with van der Waals surface area (Å²) in [6.45, 7) is 0. The Balaban J connectivity index is 2.38. The maximum Gasteiger partial charge on any atom is 0.354 e. The average molecular weight is 338 g/mol. The predicted molar refractivity (Wildman–Crippen MR) is 79.6 cm³/mol. The number of benzene rings is 1. The lowest BCUT2D eigenvalue weighted by atomic mass is 10.2. The average Bonchev–Trinajstić information content (AvgIpc) is 2.43. The highest BCUT2D eigenvalue weighted by Crippen LogP contribution is 2.31. The van der Waals surface area contributed by atoms with Crippen LogP contribution in [0.4, 0.5) is 17.2 Å². The van der Waals surface area contributed by atoms with Gasteiger partial charge in [0.15, 0.2) is 11.5 Å². The Morgan fingerprint density at radius 2 is 2.15 bits per heavy atom. The van der Waals surface area contributed by atoms with E-state index in [0.717, 1.165) is 4.47 Å². The molecular weight excluding hydrogens is 326 g/mol. The second-order valence-corrected chi connectivity index (χ2v) is 4.76. The summed E-state index contributed by atoms with van der Waals surface area (Å²) in [7, 11) is 1.56. The van der Waals surface area contributed by atoms with E-state index in [4.69, 9.17) is 15.6 Å². The van der Waals surface area contributed by atoms with E-state index in [-0.39, 0.29) is 11.5 Å². The minimum absolute atomic E-state index is 0.0827. The van der Waals surface area contributed by atoms with Gasteiger partial charge in [0.2, 0.25) is 0 Å². The van der Waals surface area contributed by atoms with Crippen LogP contribution < -0.4 is 15.8 Å². The first-order chi connectivity index (χ1) is 9.51. The second kappa shape index (κ2) is 5.79. The molecule has 0 atom stereocenters. The first-order valence-electron chi connectivity index (χ1n) is 5.61. The number of pyridine rings is 1. The third-order valence-corrected chi connectivity index (χ3v) is 3.26. The van der Waals surface area contributed by atoms with Gasteiger partial charge in [-0.15, -0.1) is 0 Å². The molecule has 0 aliphatic rings. The van der Waals surface area contributed by atoms with Crippen LogP contribution in [0.15, 0.2) is 34.8 Å². The molecule has 0 saturated heterocycles. The number of rotatable bonds is 4. The summed E-state index contributed by atoms with van der Waals surface area (Å²) >= 11 is 3.39.